The van der Waals surface area contributed by atoms with E-state index in [1.54, 1.807) is 4.90 Å². The zero-order chi connectivity index (χ0) is 23.4. The van der Waals surface area contributed by atoms with Gasteiger partial charge in [0.25, 0.3) is 0 Å². The Bertz CT molecular complexity index is 1280. The Labute approximate surface area is 198 Å². The second kappa shape index (κ2) is 7.64. The van der Waals surface area contributed by atoms with E-state index < -0.39 is 5.60 Å². The molecule has 0 unspecified atom stereocenters. The lowest BCUT2D eigenvalue weighted by Gasteiger charge is -2.60. The highest BCUT2D eigenvalue weighted by Crippen LogP contribution is 2.45. The summed E-state index contributed by atoms with van der Waals surface area (Å²) in [7, 11) is 0. The van der Waals surface area contributed by atoms with Gasteiger partial charge in [-0.3, -0.25) is 4.98 Å². The normalized spacial score (nSPS) is 16.8. The standard InChI is InChI=1S/C26H25ClN4O2/c1-25(2,3)33-24(32)31-15-26(16-31)13-30(14-26)21-12-29-23-19(5-4-6-20(23)22(21)27)18-9-7-17(11-28)8-10-18/h4-10,12H,13-16H2,1-3H3. The Balaban J connectivity index is 1.33. The molecule has 5 rings (SSSR count). The lowest BCUT2D eigenvalue weighted by Crippen LogP contribution is -2.73. The highest BCUT2D eigenvalue weighted by Gasteiger charge is 2.54. The number of halogens is 1. The van der Waals surface area contributed by atoms with Crippen molar-refractivity contribution in [2.75, 3.05) is 31.1 Å². The SMILES string of the molecule is CC(C)(C)OC(=O)N1CC2(C1)CN(c1cnc3c(-c4ccc(C#N)cc4)cccc3c1Cl)C2. The summed E-state index contributed by atoms with van der Waals surface area (Å²) in [6.07, 6.45) is 1.60. The van der Waals surface area contributed by atoms with Crippen molar-refractivity contribution in [1.29, 1.82) is 5.26 Å². The van der Waals surface area contributed by atoms with Gasteiger partial charge in [0, 0.05) is 42.5 Å². The summed E-state index contributed by atoms with van der Waals surface area (Å²) in [6.45, 7) is 8.75. The average Bonchev–Trinajstić information content (AvgIpc) is 2.71. The van der Waals surface area contributed by atoms with Crippen LogP contribution in [-0.4, -0.2) is 47.8 Å². The molecule has 2 aromatic carbocycles. The van der Waals surface area contributed by atoms with Crippen LogP contribution in [0.4, 0.5) is 10.5 Å². The number of hydrogen-bond donors (Lipinski definition) is 0. The Kier molecular flexibility index (Phi) is 4.98. The first-order chi connectivity index (χ1) is 15.7. The number of anilines is 1. The Morgan fingerprint density at radius 1 is 1.12 bits per heavy atom. The fourth-order valence-electron chi connectivity index (χ4n) is 4.71. The van der Waals surface area contributed by atoms with E-state index in [1.165, 1.54) is 0 Å². The summed E-state index contributed by atoms with van der Waals surface area (Å²) in [5, 5.41) is 10.6. The third kappa shape index (κ3) is 3.87. The number of hydrogen-bond acceptors (Lipinski definition) is 5. The number of carbonyl (C=O) groups is 1. The highest BCUT2D eigenvalue weighted by molar-refractivity contribution is 6.38. The van der Waals surface area contributed by atoms with E-state index in [0.29, 0.717) is 23.7 Å². The molecule has 0 aliphatic carbocycles. The van der Waals surface area contributed by atoms with Crippen LogP contribution in [0.5, 0.6) is 0 Å². The first kappa shape index (κ1) is 21.5. The second-order valence-corrected chi connectivity index (χ2v) is 10.4. The molecule has 1 amide bonds. The van der Waals surface area contributed by atoms with Crippen LogP contribution in [0.3, 0.4) is 0 Å². The van der Waals surface area contributed by atoms with Gasteiger partial charge in [0.15, 0.2) is 0 Å². The summed E-state index contributed by atoms with van der Waals surface area (Å²) in [5.74, 6) is 0. The van der Waals surface area contributed by atoms with Crippen LogP contribution in [0.15, 0.2) is 48.7 Å². The molecule has 0 bridgehead atoms. The van der Waals surface area contributed by atoms with Crippen molar-refractivity contribution in [3.05, 3.63) is 59.2 Å². The van der Waals surface area contributed by atoms with E-state index >= 15 is 0 Å². The summed E-state index contributed by atoms with van der Waals surface area (Å²) in [4.78, 5) is 21.0. The lowest BCUT2D eigenvalue weighted by molar-refractivity contribution is -0.0453. The van der Waals surface area contributed by atoms with E-state index in [9.17, 15) is 4.79 Å². The maximum atomic E-state index is 12.2. The predicted octanol–water partition coefficient (Wildman–Crippen LogP) is 5.48. The molecule has 0 saturated carbocycles. The maximum absolute atomic E-state index is 12.2. The number of amides is 1. The van der Waals surface area contributed by atoms with E-state index in [4.69, 9.17) is 26.6 Å². The number of benzene rings is 2. The van der Waals surface area contributed by atoms with Crippen molar-refractivity contribution < 1.29 is 9.53 Å². The number of aromatic nitrogens is 1. The number of pyridine rings is 1. The predicted molar refractivity (Wildman–Crippen MR) is 129 cm³/mol. The average molecular weight is 461 g/mol. The quantitative estimate of drug-likeness (QED) is 0.506. The Morgan fingerprint density at radius 2 is 1.82 bits per heavy atom. The smallest absolute Gasteiger partial charge is 0.410 e. The molecule has 7 heteroatoms. The van der Waals surface area contributed by atoms with Gasteiger partial charge in [0.05, 0.1) is 34.1 Å². The van der Waals surface area contributed by atoms with Crippen molar-refractivity contribution in [3.63, 3.8) is 0 Å². The maximum Gasteiger partial charge on any atom is 0.410 e. The first-order valence-corrected chi connectivity index (χ1v) is 11.4. The van der Waals surface area contributed by atoms with Gasteiger partial charge in [-0.05, 0) is 38.5 Å². The number of para-hydroxylation sites is 1. The van der Waals surface area contributed by atoms with Crippen molar-refractivity contribution in [1.82, 2.24) is 9.88 Å². The van der Waals surface area contributed by atoms with Crippen molar-refractivity contribution in [2.24, 2.45) is 5.41 Å². The topological polar surface area (TPSA) is 69.5 Å². The Hall–Kier alpha value is -3.30. The minimum Gasteiger partial charge on any atom is -0.444 e. The van der Waals surface area contributed by atoms with Gasteiger partial charge in [-0.1, -0.05) is 41.9 Å². The molecule has 0 N–H and O–H groups in total. The largest absolute Gasteiger partial charge is 0.444 e. The fraction of sp³-hybridized carbons (Fsp3) is 0.346. The molecular formula is C26H25ClN4O2. The van der Waals surface area contributed by atoms with Crippen molar-refractivity contribution >= 4 is 34.3 Å². The summed E-state index contributed by atoms with van der Waals surface area (Å²) < 4.78 is 5.47. The molecule has 168 valence electrons. The monoisotopic (exact) mass is 460 g/mol. The van der Waals surface area contributed by atoms with Crippen LogP contribution < -0.4 is 4.90 Å². The van der Waals surface area contributed by atoms with E-state index in [1.807, 2.05) is 69.4 Å². The third-order valence-electron chi connectivity index (χ3n) is 6.24. The lowest BCUT2D eigenvalue weighted by atomic mass is 9.73. The third-order valence-corrected chi connectivity index (χ3v) is 6.63. The molecular weight excluding hydrogens is 436 g/mol. The first-order valence-electron chi connectivity index (χ1n) is 11.0. The van der Waals surface area contributed by atoms with Crippen LogP contribution >= 0.6 is 11.6 Å². The van der Waals surface area contributed by atoms with Crippen LogP contribution in [0.25, 0.3) is 22.0 Å². The number of likely N-dealkylation sites (tertiary alicyclic amines) is 1. The molecule has 2 aliphatic heterocycles. The fourth-order valence-corrected chi connectivity index (χ4v) is 5.03. The number of carbonyl (C=O) groups excluding carboxylic acids is 1. The number of rotatable bonds is 2. The van der Waals surface area contributed by atoms with E-state index in [0.717, 1.165) is 40.8 Å². The van der Waals surface area contributed by atoms with Crippen LogP contribution in [0.2, 0.25) is 5.02 Å². The molecule has 2 fully saturated rings. The van der Waals surface area contributed by atoms with Gasteiger partial charge in [0.1, 0.15) is 5.60 Å². The highest BCUT2D eigenvalue weighted by atomic mass is 35.5. The molecule has 0 atom stereocenters. The van der Waals surface area contributed by atoms with Gasteiger partial charge < -0.3 is 14.5 Å². The van der Waals surface area contributed by atoms with Crippen molar-refractivity contribution in [2.45, 2.75) is 26.4 Å². The number of nitriles is 1. The second-order valence-electron chi connectivity index (χ2n) is 10.0. The van der Waals surface area contributed by atoms with Gasteiger partial charge in [0.2, 0.25) is 0 Å². The molecule has 1 aromatic heterocycles. The van der Waals surface area contributed by atoms with E-state index in [2.05, 4.69) is 11.0 Å². The zero-order valence-electron chi connectivity index (χ0n) is 18.9. The number of ether oxygens (including phenoxy) is 1. The summed E-state index contributed by atoms with van der Waals surface area (Å²) in [6, 6.07) is 15.6. The van der Waals surface area contributed by atoms with Crippen molar-refractivity contribution in [3.8, 4) is 17.2 Å². The molecule has 1 spiro atoms. The van der Waals surface area contributed by atoms with Gasteiger partial charge >= 0.3 is 6.09 Å². The van der Waals surface area contributed by atoms with Gasteiger partial charge in [-0.25, -0.2) is 4.79 Å². The molecule has 6 nitrogen and oxygen atoms in total. The molecule has 33 heavy (non-hydrogen) atoms. The molecule has 3 heterocycles. The summed E-state index contributed by atoms with van der Waals surface area (Å²) >= 11 is 6.85. The van der Waals surface area contributed by atoms with Crippen LogP contribution in [0, 0.1) is 16.7 Å². The minimum atomic E-state index is -0.480. The van der Waals surface area contributed by atoms with Crippen LogP contribution in [0.1, 0.15) is 26.3 Å². The zero-order valence-corrected chi connectivity index (χ0v) is 19.7. The minimum absolute atomic E-state index is 0.111. The number of nitrogens with zero attached hydrogens (tertiary/aromatic N) is 4. The van der Waals surface area contributed by atoms with Gasteiger partial charge in [-0.2, -0.15) is 5.26 Å². The Morgan fingerprint density at radius 3 is 2.45 bits per heavy atom. The van der Waals surface area contributed by atoms with Crippen LogP contribution in [-0.2, 0) is 4.74 Å². The molecule has 2 aliphatic rings. The summed E-state index contributed by atoms with van der Waals surface area (Å²) in [5.41, 5.74) is 3.99. The van der Waals surface area contributed by atoms with E-state index in [-0.39, 0.29) is 11.5 Å². The van der Waals surface area contributed by atoms with Gasteiger partial charge in [-0.15, -0.1) is 0 Å². The molecule has 2 saturated heterocycles. The molecule has 3 aromatic rings. The molecule has 0 radical (unpaired) electrons. The number of fused-ring (bicyclic) bond motifs is 1.